The summed E-state index contributed by atoms with van der Waals surface area (Å²) in [5, 5.41) is 10.5. The molecule has 3 aromatic rings. The molecule has 8 heteroatoms. The predicted octanol–water partition coefficient (Wildman–Crippen LogP) is 3.82. The van der Waals surface area contributed by atoms with Crippen molar-refractivity contribution in [3.05, 3.63) is 41.0 Å². The number of aromatic nitrogens is 2. The lowest BCUT2D eigenvalue weighted by atomic mass is 10.0. The quantitative estimate of drug-likeness (QED) is 0.676. The number of fused-ring (bicyclic) bond motifs is 2. The first-order valence-corrected chi connectivity index (χ1v) is 9.89. The van der Waals surface area contributed by atoms with Crippen molar-refractivity contribution in [3.8, 4) is 17.0 Å². The maximum Gasteiger partial charge on any atom is 0.337 e. The molecule has 2 aliphatic heterocycles. The van der Waals surface area contributed by atoms with Gasteiger partial charge in [-0.25, -0.2) is 4.79 Å². The maximum absolute atomic E-state index is 11.5. The number of aromatic amines is 1. The molecule has 0 unspecified atom stereocenters. The number of halogens is 1. The van der Waals surface area contributed by atoms with Crippen molar-refractivity contribution in [2.24, 2.45) is 5.92 Å². The molecule has 2 saturated heterocycles. The van der Waals surface area contributed by atoms with E-state index in [0.29, 0.717) is 33.3 Å². The van der Waals surface area contributed by atoms with Crippen molar-refractivity contribution in [1.82, 2.24) is 9.97 Å². The molecular formula is C21H20ClN3O4. The lowest BCUT2D eigenvalue weighted by Crippen LogP contribution is -2.23. The Morgan fingerprint density at radius 1 is 1.34 bits per heavy atom. The minimum absolute atomic E-state index is 0.199. The molecule has 2 atom stereocenters. The molecule has 2 N–H and O–H groups in total. The number of hydrogen-bond acceptors (Lipinski definition) is 5. The average molecular weight is 414 g/mol. The van der Waals surface area contributed by atoms with Gasteiger partial charge in [-0.2, -0.15) is 4.98 Å². The Morgan fingerprint density at radius 2 is 2.21 bits per heavy atom. The van der Waals surface area contributed by atoms with Crippen molar-refractivity contribution in [2.75, 3.05) is 31.7 Å². The average Bonchev–Trinajstić information content (AvgIpc) is 3.41. The number of pyridine rings is 1. The van der Waals surface area contributed by atoms with Crippen LogP contribution in [0.25, 0.3) is 22.0 Å². The summed E-state index contributed by atoms with van der Waals surface area (Å²) in [6.07, 6.45) is 2.84. The number of H-pyrrole nitrogens is 1. The van der Waals surface area contributed by atoms with Crippen LogP contribution in [0.2, 0.25) is 5.02 Å². The topological polar surface area (TPSA) is 87.7 Å². The summed E-state index contributed by atoms with van der Waals surface area (Å²) in [6, 6.07) is 7.38. The summed E-state index contributed by atoms with van der Waals surface area (Å²) >= 11 is 6.51. The Morgan fingerprint density at radius 3 is 2.97 bits per heavy atom. The fraction of sp³-hybridized carbons (Fsp3) is 0.333. The van der Waals surface area contributed by atoms with E-state index in [0.717, 1.165) is 37.5 Å². The zero-order valence-electron chi connectivity index (χ0n) is 15.8. The lowest BCUT2D eigenvalue weighted by Gasteiger charge is -2.20. The molecule has 1 aromatic carbocycles. The highest BCUT2D eigenvalue weighted by atomic mass is 35.5. The summed E-state index contributed by atoms with van der Waals surface area (Å²) in [6.45, 7) is 2.60. The second-order valence-electron chi connectivity index (χ2n) is 7.47. The molecule has 0 bridgehead atoms. The number of carboxylic acids is 1. The highest BCUT2D eigenvalue weighted by Crippen LogP contribution is 2.39. The van der Waals surface area contributed by atoms with E-state index in [1.54, 1.807) is 19.2 Å². The number of carboxylic acid groups (broad SMARTS) is 1. The number of hydrogen-bond donors (Lipinski definition) is 2. The molecule has 7 nitrogen and oxygen atoms in total. The van der Waals surface area contributed by atoms with Crippen LogP contribution in [0.5, 0.6) is 5.88 Å². The summed E-state index contributed by atoms with van der Waals surface area (Å²) in [7, 11) is 1.57. The fourth-order valence-electron chi connectivity index (χ4n) is 4.36. The standard InChI is InChI=1S/C21H20ClN3O4/c1-28-20-12(2-3-19(24-20)25-9-11-4-5-29-18(11)10-25)13-6-14-15(21(26)27)8-23-17(14)7-16(13)22/h2-3,6-8,11,18,23H,4-5,9-10H2,1H3,(H,26,27)/t11-,18-/m1/s1. The number of carbonyl (C=O) groups is 1. The second kappa shape index (κ2) is 6.93. The van der Waals surface area contributed by atoms with Crippen LogP contribution >= 0.6 is 11.6 Å². The van der Waals surface area contributed by atoms with E-state index >= 15 is 0 Å². The summed E-state index contributed by atoms with van der Waals surface area (Å²) in [5.74, 6) is 0.858. The van der Waals surface area contributed by atoms with Gasteiger partial charge in [-0.05, 0) is 30.7 Å². The molecule has 0 amide bonds. The Balaban J connectivity index is 1.55. The van der Waals surface area contributed by atoms with Gasteiger partial charge in [0.1, 0.15) is 5.82 Å². The summed E-state index contributed by atoms with van der Waals surface area (Å²) in [4.78, 5) is 21.4. The third-order valence-corrected chi connectivity index (χ3v) is 6.17. The van der Waals surface area contributed by atoms with Crippen molar-refractivity contribution in [3.63, 3.8) is 0 Å². The molecule has 4 heterocycles. The molecule has 2 fully saturated rings. The van der Waals surface area contributed by atoms with Gasteiger partial charge in [0.2, 0.25) is 5.88 Å². The first kappa shape index (κ1) is 18.3. The molecule has 0 spiro atoms. The van der Waals surface area contributed by atoms with Gasteiger partial charge in [-0.3, -0.25) is 0 Å². The molecule has 0 aliphatic carbocycles. The minimum Gasteiger partial charge on any atom is -0.480 e. The molecule has 2 aliphatic rings. The van der Waals surface area contributed by atoms with Gasteiger partial charge >= 0.3 is 5.97 Å². The first-order chi connectivity index (χ1) is 14.0. The molecule has 29 heavy (non-hydrogen) atoms. The van der Waals surface area contributed by atoms with E-state index in [1.165, 1.54) is 6.20 Å². The number of anilines is 1. The smallest absolute Gasteiger partial charge is 0.337 e. The van der Waals surface area contributed by atoms with E-state index in [-0.39, 0.29) is 11.7 Å². The first-order valence-electron chi connectivity index (χ1n) is 9.51. The van der Waals surface area contributed by atoms with Crippen LogP contribution in [-0.4, -0.2) is 54.0 Å². The number of rotatable bonds is 4. The predicted molar refractivity (Wildman–Crippen MR) is 110 cm³/mol. The Labute approximate surface area is 172 Å². The SMILES string of the molecule is COc1nc(N2C[C@H]3CCO[C@@H]3C2)ccc1-c1cc2c(C(=O)O)c[nH]c2cc1Cl. The van der Waals surface area contributed by atoms with Gasteiger partial charge in [0.15, 0.2) is 0 Å². The van der Waals surface area contributed by atoms with Crippen LogP contribution < -0.4 is 9.64 Å². The van der Waals surface area contributed by atoms with Crippen molar-refractivity contribution >= 4 is 34.3 Å². The van der Waals surface area contributed by atoms with Gasteiger partial charge in [0.05, 0.1) is 23.8 Å². The van der Waals surface area contributed by atoms with Crippen LogP contribution in [0.3, 0.4) is 0 Å². The van der Waals surface area contributed by atoms with Crippen molar-refractivity contribution in [2.45, 2.75) is 12.5 Å². The van der Waals surface area contributed by atoms with Gasteiger partial charge in [-0.15, -0.1) is 0 Å². The number of ether oxygens (including phenoxy) is 2. The lowest BCUT2D eigenvalue weighted by molar-refractivity contribution is 0.0699. The molecular weight excluding hydrogens is 394 g/mol. The van der Waals surface area contributed by atoms with E-state index in [4.69, 9.17) is 26.1 Å². The molecule has 150 valence electrons. The van der Waals surface area contributed by atoms with Crippen molar-refractivity contribution in [1.29, 1.82) is 0 Å². The minimum atomic E-state index is -0.994. The number of nitrogens with zero attached hydrogens (tertiary/aromatic N) is 2. The summed E-state index contributed by atoms with van der Waals surface area (Å²) in [5.41, 5.74) is 2.27. The third-order valence-electron chi connectivity index (χ3n) is 5.85. The van der Waals surface area contributed by atoms with Crippen molar-refractivity contribution < 1.29 is 19.4 Å². The number of aromatic carboxylic acids is 1. The van der Waals surface area contributed by atoms with Crippen LogP contribution in [0.4, 0.5) is 5.82 Å². The number of benzene rings is 1. The summed E-state index contributed by atoms with van der Waals surface area (Å²) < 4.78 is 11.4. The van der Waals surface area contributed by atoms with Crippen LogP contribution in [0, 0.1) is 5.92 Å². The number of methoxy groups -OCH3 is 1. The van der Waals surface area contributed by atoms with E-state index < -0.39 is 5.97 Å². The van der Waals surface area contributed by atoms with E-state index in [9.17, 15) is 9.90 Å². The highest BCUT2D eigenvalue weighted by molar-refractivity contribution is 6.34. The Kier molecular flexibility index (Phi) is 4.37. The molecule has 5 rings (SSSR count). The van der Waals surface area contributed by atoms with Gasteiger partial charge in [0.25, 0.3) is 0 Å². The molecule has 2 aromatic heterocycles. The fourth-order valence-corrected chi connectivity index (χ4v) is 4.62. The van der Waals surface area contributed by atoms with Crippen LogP contribution in [0.15, 0.2) is 30.5 Å². The molecule has 0 radical (unpaired) electrons. The van der Waals surface area contributed by atoms with E-state index in [2.05, 4.69) is 9.88 Å². The van der Waals surface area contributed by atoms with Gasteiger partial charge < -0.3 is 24.5 Å². The zero-order chi connectivity index (χ0) is 20.1. The third kappa shape index (κ3) is 3.01. The zero-order valence-corrected chi connectivity index (χ0v) is 16.6. The monoisotopic (exact) mass is 413 g/mol. The van der Waals surface area contributed by atoms with Gasteiger partial charge in [-0.1, -0.05) is 11.6 Å². The van der Waals surface area contributed by atoms with Crippen LogP contribution in [-0.2, 0) is 4.74 Å². The largest absolute Gasteiger partial charge is 0.480 e. The Hall–Kier alpha value is -2.77. The van der Waals surface area contributed by atoms with Crippen LogP contribution in [0.1, 0.15) is 16.8 Å². The Bertz CT molecular complexity index is 1100. The van der Waals surface area contributed by atoms with E-state index in [1.807, 2.05) is 12.1 Å². The highest BCUT2D eigenvalue weighted by Gasteiger charge is 2.38. The second-order valence-corrected chi connectivity index (χ2v) is 7.88. The maximum atomic E-state index is 11.5. The van der Waals surface area contributed by atoms with Gasteiger partial charge in [0, 0.05) is 53.8 Å². The number of nitrogens with one attached hydrogen (secondary N) is 1. The normalized spacial score (nSPS) is 21.0. The molecule has 0 saturated carbocycles.